The number of nitrogens with one attached hydrogen (secondary N) is 2. The summed E-state index contributed by atoms with van der Waals surface area (Å²) < 4.78 is 39.7. The van der Waals surface area contributed by atoms with E-state index in [0.29, 0.717) is 18.8 Å². The Bertz CT molecular complexity index is 773. The van der Waals surface area contributed by atoms with Gasteiger partial charge in [-0.2, -0.15) is 13.2 Å². The average Bonchev–Trinajstić information content (AvgIpc) is 2.66. The third-order valence-corrected chi connectivity index (χ3v) is 5.64. The number of nitrogens with zero attached hydrogens (tertiary/aromatic N) is 2. The zero-order valence-corrected chi connectivity index (χ0v) is 16.7. The number of anilines is 2. The number of carbonyl (C=O) groups is 2. The fourth-order valence-electron chi connectivity index (χ4n) is 3.81. The molecule has 2 aliphatic heterocycles. The van der Waals surface area contributed by atoms with Crippen molar-refractivity contribution in [1.82, 2.24) is 10.2 Å². The molecular weight excluding hydrogens is 385 g/mol. The van der Waals surface area contributed by atoms with Gasteiger partial charge in [0.05, 0.1) is 29.0 Å². The molecule has 29 heavy (non-hydrogen) atoms. The van der Waals surface area contributed by atoms with Gasteiger partial charge in [0, 0.05) is 26.2 Å². The molecular formula is C20H27F3N4O2. The Kier molecular flexibility index (Phi) is 6.07. The molecule has 6 nitrogen and oxygen atoms in total. The molecule has 160 valence electrons. The number of hydrogen-bond acceptors (Lipinski definition) is 4. The molecule has 3 rings (SSSR count). The van der Waals surface area contributed by atoms with Crippen LogP contribution in [0.2, 0.25) is 0 Å². The van der Waals surface area contributed by atoms with Crippen LogP contribution in [0.25, 0.3) is 0 Å². The zero-order chi connectivity index (χ0) is 21.2. The van der Waals surface area contributed by atoms with Gasteiger partial charge in [0.15, 0.2) is 0 Å². The number of alkyl halides is 3. The summed E-state index contributed by atoms with van der Waals surface area (Å²) in [7, 11) is 0. The van der Waals surface area contributed by atoms with E-state index in [-0.39, 0.29) is 18.1 Å². The Morgan fingerprint density at radius 3 is 2.52 bits per heavy atom. The minimum absolute atomic E-state index is 0.0733. The number of rotatable bonds is 4. The number of piperazine rings is 1. The quantitative estimate of drug-likeness (QED) is 0.798. The molecule has 1 aromatic carbocycles. The molecule has 2 aliphatic rings. The molecule has 0 aliphatic carbocycles. The monoisotopic (exact) mass is 412 g/mol. The highest BCUT2D eigenvalue weighted by Crippen LogP contribution is 2.36. The number of carbonyl (C=O) groups excluding carboxylic acids is 2. The summed E-state index contributed by atoms with van der Waals surface area (Å²) in [5.74, 6) is -0.616. The number of halogens is 3. The third-order valence-electron chi connectivity index (χ3n) is 5.64. The largest absolute Gasteiger partial charge is 0.416 e. The van der Waals surface area contributed by atoms with Gasteiger partial charge in [0.1, 0.15) is 0 Å². The highest BCUT2D eigenvalue weighted by Gasteiger charge is 2.38. The van der Waals surface area contributed by atoms with Crippen molar-refractivity contribution < 1.29 is 22.8 Å². The first-order chi connectivity index (χ1) is 13.6. The Hall–Kier alpha value is -2.29. The topological polar surface area (TPSA) is 64.7 Å². The van der Waals surface area contributed by atoms with Crippen molar-refractivity contribution >= 4 is 23.2 Å². The Labute approximate surface area is 168 Å². The van der Waals surface area contributed by atoms with E-state index in [1.807, 2.05) is 4.90 Å². The lowest BCUT2D eigenvalue weighted by Crippen LogP contribution is -2.62. The zero-order valence-electron chi connectivity index (χ0n) is 16.7. The lowest BCUT2D eigenvalue weighted by Gasteiger charge is -2.40. The molecule has 2 heterocycles. The van der Waals surface area contributed by atoms with Crippen LogP contribution in [0.15, 0.2) is 18.2 Å². The molecule has 2 fully saturated rings. The molecule has 2 amide bonds. The van der Waals surface area contributed by atoms with Gasteiger partial charge in [0.25, 0.3) is 0 Å². The van der Waals surface area contributed by atoms with Crippen LogP contribution < -0.4 is 15.5 Å². The number of amides is 2. The Balaban J connectivity index is 1.81. The van der Waals surface area contributed by atoms with Gasteiger partial charge in [-0.25, -0.2) is 0 Å². The van der Waals surface area contributed by atoms with Crippen molar-refractivity contribution in [3.05, 3.63) is 23.8 Å². The van der Waals surface area contributed by atoms with E-state index in [4.69, 9.17) is 0 Å². The summed E-state index contributed by atoms with van der Waals surface area (Å²) in [4.78, 5) is 28.5. The number of benzene rings is 1. The maximum absolute atomic E-state index is 13.2. The second kappa shape index (κ2) is 8.22. The highest BCUT2D eigenvalue weighted by atomic mass is 19.4. The van der Waals surface area contributed by atoms with Gasteiger partial charge in [0.2, 0.25) is 11.8 Å². The van der Waals surface area contributed by atoms with Crippen LogP contribution in [-0.4, -0.2) is 55.0 Å². The summed E-state index contributed by atoms with van der Waals surface area (Å²) in [5.41, 5.74) is -0.905. The summed E-state index contributed by atoms with van der Waals surface area (Å²) >= 11 is 0. The molecule has 0 aromatic heterocycles. The van der Waals surface area contributed by atoms with Gasteiger partial charge < -0.3 is 15.5 Å². The van der Waals surface area contributed by atoms with Crippen LogP contribution in [0.1, 0.15) is 38.7 Å². The van der Waals surface area contributed by atoms with Crippen molar-refractivity contribution in [2.45, 2.75) is 44.8 Å². The van der Waals surface area contributed by atoms with Crippen LogP contribution in [0.4, 0.5) is 24.5 Å². The van der Waals surface area contributed by atoms with Crippen LogP contribution in [0.3, 0.4) is 0 Å². The van der Waals surface area contributed by atoms with Crippen molar-refractivity contribution in [2.75, 3.05) is 42.9 Å². The van der Waals surface area contributed by atoms with E-state index in [0.717, 1.165) is 44.5 Å². The maximum Gasteiger partial charge on any atom is 0.416 e. The minimum Gasteiger partial charge on any atom is -0.370 e. The molecule has 1 aromatic rings. The van der Waals surface area contributed by atoms with E-state index in [2.05, 4.69) is 10.6 Å². The molecule has 2 saturated heterocycles. The lowest BCUT2D eigenvalue weighted by molar-refractivity contribution is -0.138. The van der Waals surface area contributed by atoms with Crippen LogP contribution in [0, 0.1) is 0 Å². The second-order valence-electron chi connectivity index (χ2n) is 8.06. The summed E-state index contributed by atoms with van der Waals surface area (Å²) in [6.07, 6.45) is -1.48. The van der Waals surface area contributed by atoms with E-state index < -0.39 is 23.2 Å². The van der Waals surface area contributed by atoms with Gasteiger partial charge in [-0.1, -0.05) is 0 Å². The van der Waals surface area contributed by atoms with Gasteiger partial charge in [-0.15, -0.1) is 0 Å². The Morgan fingerprint density at radius 1 is 1.17 bits per heavy atom. The van der Waals surface area contributed by atoms with Gasteiger partial charge in [-0.05, 0) is 51.3 Å². The molecule has 0 spiro atoms. The van der Waals surface area contributed by atoms with Crippen molar-refractivity contribution in [3.63, 3.8) is 0 Å². The molecule has 9 heteroatoms. The molecule has 2 N–H and O–H groups in total. The number of piperidine rings is 1. The van der Waals surface area contributed by atoms with Crippen LogP contribution in [-0.2, 0) is 15.8 Å². The fourth-order valence-corrected chi connectivity index (χ4v) is 3.81. The maximum atomic E-state index is 13.2. The molecule has 0 bridgehead atoms. The molecule has 0 radical (unpaired) electrons. The van der Waals surface area contributed by atoms with E-state index >= 15 is 0 Å². The first kappa shape index (κ1) is 21.4. The highest BCUT2D eigenvalue weighted by molar-refractivity contribution is 5.96. The van der Waals surface area contributed by atoms with E-state index in [9.17, 15) is 22.8 Å². The molecule has 0 unspecified atom stereocenters. The summed E-state index contributed by atoms with van der Waals surface area (Å²) in [6, 6.07) is 3.48. The second-order valence-corrected chi connectivity index (χ2v) is 8.06. The van der Waals surface area contributed by atoms with E-state index in [1.54, 1.807) is 18.7 Å². The van der Waals surface area contributed by atoms with Gasteiger partial charge in [-0.3, -0.25) is 14.5 Å². The minimum atomic E-state index is -4.49. The predicted octanol–water partition coefficient (Wildman–Crippen LogP) is 2.84. The van der Waals surface area contributed by atoms with Crippen LogP contribution in [0.5, 0.6) is 0 Å². The summed E-state index contributed by atoms with van der Waals surface area (Å²) in [5, 5.41) is 5.42. The number of hydrogen-bond donors (Lipinski definition) is 2. The standard InChI is InChI=1S/C20H27F3N4O2/c1-19(2)18(29)24-8-11-27(19)13-17(28)25-15-12-14(20(21,22)23)6-7-16(15)26-9-4-3-5-10-26/h6-7,12H,3-5,8-11,13H2,1-2H3,(H,24,29)(H,25,28). The smallest absolute Gasteiger partial charge is 0.370 e. The normalized spacial score (nSPS) is 20.3. The predicted molar refractivity (Wildman–Crippen MR) is 105 cm³/mol. The van der Waals surface area contributed by atoms with Crippen LogP contribution >= 0.6 is 0 Å². The van der Waals surface area contributed by atoms with Crippen molar-refractivity contribution in [1.29, 1.82) is 0 Å². The lowest BCUT2D eigenvalue weighted by atomic mass is 9.99. The Morgan fingerprint density at radius 2 is 1.86 bits per heavy atom. The third kappa shape index (κ3) is 4.83. The van der Waals surface area contributed by atoms with Crippen molar-refractivity contribution in [3.8, 4) is 0 Å². The average molecular weight is 412 g/mol. The fraction of sp³-hybridized carbons (Fsp3) is 0.600. The first-order valence-electron chi connectivity index (χ1n) is 9.88. The van der Waals surface area contributed by atoms with Crippen molar-refractivity contribution in [2.24, 2.45) is 0 Å². The SMILES string of the molecule is CC1(C)C(=O)NCCN1CC(=O)Nc1cc(C(F)(F)F)ccc1N1CCCCC1. The van der Waals surface area contributed by atoms with E-state index in [1.165, 1.54) is 6.07 Å². The first-order valence-corrected chi connectivity index (χ1v) is 9.88. The van der Waals surface area contributed by atoms with Gasteiger partial charge >= 0.3 is 6.18 Å². The summed E-state index contributed by atoms with van der Waals surface area (Å²) in [6.45, 7) is 5.78. The molecule has 0 atom stereocenters. The molecule has 0 saturated carbocycles.